The average molecular weight is 254 g/mol. The lowest BCUT2D eigenvalue weighted by atomic mass is 9.93. The van der Waals surface area contributed by atoms with Crippen molar-refractivity contribution >= 4 is 5.97 Å². The van der Waals surface area contributed by atoms with E-state index >= 15 is 0 Å². The number of methoxy groups -OCH3 is 1. The van der Waals surface area contributed by atoms with Crippen LogP contribution in [0.4, 0.5) is 0 Å². The van der Waals surface area contributed by atoms with Crippen molar-refractivity contribution < 1.29 is 14.6 Å². The largest absolute Gasteiger partial charge is 0.464 e. The van der Waals surface area contributed by atoms with Crippen LogP contribution in [0, 0.1) is 0 Å². The van der Waals surface area contributed by atoms with Crippen LogP contribution in [0.25, 0.3) is 0 Å². The van der Waals surface area contributed by atoms with E-state index in [1.54, 1.807) is 4.68 Å². The Balaban J connectivity index is 2.32. The number of hydrogen-bond acceptors (Lipinski definition) is 6. The highest BCUT2D eigenvalue weighted by Gasteiger charge is 2.28. The quantitative estimate of drug-likeness (QED) is 0.706. The minimum absolute atomic E-state index is 0.0259. The SMILES string of the molecule is COC(=O)c1nnn(CCO)c1C1CCNCC1. The van der Waals surface area contributed by atoms with Gasteiger partial charge < -0.3 is 15.2 Å². The molecular formula is C11H18N4O3. The van der Waals surface area contributed by atoms with Gasteiger partial charge in [0.05, 0.1) is 26.0 Å². The van der Waals surface area contributed by atoms with Crippen LogP contribution in [-0.4, -0.2) is 52.9 Å². The van der Waals surface area contributed by atoms with Gasteiger partial charge in [-0.1, -0.05) is 5.21 Å². The lowest BCUT2D eigenvalue weighted by molar-refractivity contribution is 0.0591. The highest BCUT2D eigenvalue weighted by atomic mass is 16.5. The molecular weight excluding hydrogens is 236 g/mol. The van der Waals surface area contributed by atoms with Crippen molar-refractivity contribution in [3.05, 3.63) is 11.4 Å². The number of nitrogens with one attached hydrogen (secondary N) is 1. The Bertz CT molecular complexity index is 412. The monoisotopic (exact) mass is 254 g/mol. The Morgan fingerprint density at radius 2 is 2.28 bits per heavy atom. The molecule has 0 radical (unpaired) electrons. The van der Waals surface area contributed by atoms with E-state index in [0.29, 0.717) is 6.54 Å². The summed E-state index contributed by atoms with van der Waals surface area (Å²) in [6, 6.07) is 0. The number of carbonyl (C=O) groups excluding carboxylic acids is 1. The molecule has 0 amide bonds. The maximum atomic E-state index is 11.7. The van der Waals surface area contributed by atoms with Crippen molar-refractivity contribution in [3.63, 3.8) is 0 Å². The Hall–Kier alpha value is -1.47. The normalized spacial score (nSPS) is 16.8. The molecule has 100 valence electrons. The van der Waals surface area contributed by atoms with Crippen molar-refractivity contribution in [3.8, 4) is 0 Å². The molecule has 1 aromatic rings. The van der Waals surface area contributed by atoms with Gasteiger partial charge in [-0.25, -0.2) is 9.48 Å². The van der Waals surface area contributed by atoms with E-state index in [4.69, 9.17) is 9.84 Å². The minimum Gasteiger partial charge on any atom is -0.464 e. The van der Waals surface area contributed by atoms with Crippen LogP contribution >= 0.6 is 0 Å². The lowest BCUT2D eigenvalue weighted by Crippen LogP contribution is -2.29. The fraction of sp³-hybridized carbons (Fsp3) is 0.727. The minimum atomic E-state index is -0.465. The maximum absolute atomic E-state index is 11.7. The standard InChI is InChI=1S/C11H18N4O3/c1-18-11(17)9-10(8-2-4-12-5-3-8)15(6-7-16)14-13-9/h8,12,16H,2-7H2,1H3. The number of hydrogen-bond donors (Lipinski definition) is 2. The predicted octanol–water partition coefficient (Wildman–Crippen LogP) is -0.476. The van der Waals surface area contributed by atoms with Gasteiger partial charge in [0.1, 0.15) is 0 Å². The summed E-state index contributed by atoms with van der Waals surface area (Å²) >= 11 is 0. The highest BCUT2D eigenvalue weighted by Crippen LogP contribution is 2.27. The first-order chi connectivity index (χ1) is 8.77. The van der Waals surface area contributed by atoms with Crippen LogP contribution in [0.15, 0.2) is 0 Å². The summed E-state index contributed by atoms with van der Waals surface area (Å²) in [7, 11) is 1.33. The van der Waals surface area contributed by atoms with Gasteiger partial charge in [0.15, 0.2) is 5.69 Å². The van der Waals surface area contributed by atoms with Crippen LogP contribution < -0.4 is 5.32 Å². The molecule has 1 saturated heterocycles. The molecule has 2 N–H and O–H groups in total. The van der Waals surface area contributed by atoms with Crippen LogP contribution in [-0.2, 0) is 11.3 Å². The molecule has 7 nitrogen and oxygen atoms in total. The van der Waals surface area contributed by atoms with Gasteiger partial charge in [0.2, 0.25) is 0 Å². The smallest absolute Gasteiger partial charge is 0.360 e. The van der Waals surface area contributed by atoms with Crippen molar-refractivity contribution in [1.82, 2.24) is 20.3 Å². The summed E-state index contributed by atoms with van der Waals surface area (Å²) < 4.78 is 6.34. The fourth-order valence-corrected chi connectivity index (χ4v) is 2.32. The van der Waals surface area contributed by atoms with E-state index in [1.807, 2.05) is 0 Å². The molecule has 18 heavy (non-hydrogen) atoms. The summed E-state index contributed by atoms with van der Waals surface area (Å²) in [6.07, 6.45) is 1.87. The summed E-state index contributed by atoms with van der Waals surface area (Å²) in [4.78, 5) is 11.7. The molecule has 0 unspecified atom stereocenters. The molecule has 0 aromatic carbocycles. The number of esters is 1. The average Bonchev–Trinajstić information content (AvgIpc) is 2.83. The number of nitrogens with zero attached hydrogens (tertiary/aromatic N) is 3. The van der Waals surface area contributed by atoms with Gasteiger partial charge in [-0.2, -0.15) is 0 Å². The molecule has 1 aromatic heterocycles. The number of ether oxygens (including phenoxy) is 1. The van der Waals surface area contributed by atoms with E-state index in [-0.39, 0.29) is 18.2 Å². The fourth-order valence-electron chi connectivity index (χ4n) is 2.32. The number of aromatic nitrogens is 3. The first kappa shape index (κ1) is 13.0. The zero-order chi connectivity index (χ0) is 13.0. The van der Waals surface area contributed by atoms with Gasteiger partial charge >= 0.3 is 5.97 Å². The summed E-state index contributed by atoms with van der Waals surface area (Å²) in [5.74, 6) is -0.227. The van der Waals surface area contributed by atoms with Crippen LogP contribution in [0.1, 0.15) is 34.9 Å². The molecule has 1 aliphatic rings. The van der Waals surface area contributed by atoms with Crippen molar-refractivity contribution in [2.24, 2.45) is 0 Å². The van der Waals surface area contributed by atoms with Gasteiger partial charge in [0, 0.05) is 5.92 Å². The van der Waals surface area contributed by atoms with Crippen LogP contribution in [0.5, 0.6) is 0 Å². The zero-order valence-corrected chi connectivity index (χ0v) is 10.4. The van der Waals surface area contributed by atoms with E-state index in [1.165, 1.54) is 7.11 Å². The van der Waals surface area contributed by atoms with E-state index in [2.05, 4.69) is 15.6 Å². The Morgan fingerprint density at radius 1 is 1.56 bits per heavy atom. The van der Waals surface area contributed by atoms with Gasteiger partial charge in [-0.05, 0) is 25.9 Å². The van der Waals surface area contributed by atoms with Crippen LogP contribution in [0.3, 0.4) is 0 Å². The summed E-state index contributed by atoms with van der Waals surface area (Å²) in [5.41, 5.74) is 1.07. The number of carbonyl (C=O) groups is 1. The number of piperidine rings is 1. The molecule has 1 aliphatic heterocycles. The Kier molecular flexibility index (Phi) is 4.27. The van der Waals surface area contributed by atoms with Gasteiger partial charge in [-0.3, -0.25) is 0 Å². The summed E-state index contributed by atoms with van der Waals surface area (Å²) in [6.45, 7) is 2.15. The zero-order valence-electron chi connectivity index (χ0n) is 10.4. The van der Waals surface area contributed by atoms with E-state index in [9.17, 15) is 4.79 Å². The highest BCUT2D eigenvalue weighted by molar-refractivity contribution is 5.88. The molecule has 0 bridgehead atoms. The molecule has 0 atom stereocenters. The maximum Gasteiger partial charge on any atom is 0.360 e. The summed E-state index contributed by atoms with van der Waals surface area (Å²) in [5, 5.41) is 20.1. The third kappa shape index (κ3) is 2.51. The van der Waals surface area contributed by atoms with Crippen LogP contribution in [0.2, 0.25) is 0 Å². The molecule has 7 heteroatoms. The van der Waals surface area contributed by atoms with Crippen molar-refractivity contribution in [1.29, 1.82) is 0 Å². The lowest BCUT2D eigenvalue weighted by Gasteiger charge is -2.23. The Labute approximate surface area is 105 Å². The molecule has 2 heterocycles. The molecule has 0 saturated carbocycles. The van der Waals surface area contributed by atoms with Gasteiger partial charge in [-0.15, -0.1) is 5.10 Å². The number of aliphatic hydroxyl groups excluding tert-OH is 1. The second kappa shape index (κ2) is 5.92. The Morgan fingerprint density at radius 3 is 2.89 bits per heavy atom. The predicted molar refractivity (Wildman–Crippen MR) is 63.3 cm³/mol. The molecule has 2 rings (SSSR count). The number of aliphatic hydroxyl groups is 1. The molecule has 1 fully saturated rings. The van der Waals surface area contributed by atoms with Crippen molar-refractivity contribution in [2.45, 2.75) is 25.3 Å². The first-order valence-corrected chi connectivity index (χ1v) is 6.11. The topological polar surface area (TPSA) is 89.3 Å². The second-order valence-corrected chi connectivity index (χ2v) is 4.29. The molecule has 0 spiro atoms. The van der Waals surface area contributed by atoms with Crippen molar-refractivity contribution in [2.75, 3.05) is 26.8 Å². The van der Waals surface area contributed by atoms with E-state index < -0.39 is 5.97 Å². The molecule has 0 aliphatic carbocycles. The van der Waals surface area contributed by atoms with Gasteiger partial charge in [0.25, 0.3) is 0 Å². The third-order valence-electron chi connectivity index (χ3n) is 3.19. The second-order valence-electron chi connectivity index (χ2n) is 4.29. The number of rotatable bonds is 4. The first-order valence-electron chi connectivity index (χ1n) is 6.11. The van der Waals surface area contributed by atoms with E-state index in [0.717, 1.165) is 31.6 Å². The third-order valence-corrected chi connectivity index (χ3v) is 3.19.